The van der Waals surface area contributed by atoms with Gasteiger partial charge in [0.15, 0.2) is 13.1 Å². The van der Waals surface area contributed by atoms with E-state index in [1.54, 1.807) is 31.3 Å². The highest BCUT2D eigenvalue weighted by Crippen LogP contribution is 2.13. The predicted octanol–water partition coefficient (Wildman–Crippen LogP) is 1.99. The summed E-state index contributed by atoms with van der Waals surface area (Å²) in [5.41, 5.74) is 2.67. The third kappa shape index (κ3) is 6.57. The van der Waals surface area contributed by atoms with Gasteiger partial charge >= 0.3 is 0 Å². The van der Waals surface area contributed by atoms with Gasteiger partial charge in [0.25, 0.3) is 11.8 Å². The minimum absolute atomic E-state index is 0.124. The Morgan fingerprint density at radius 2 is 1.32 bits per heavy atom. The van der Waals surface area contributed by atoms with Crippen molar-refractivity contribution in [3.63, 3.8) is 0 Å². The Bertz CT molecular complexity index is 714. The number of halogens is 1. The van der Waals surface area contributed by atoms with Crippen LogP contribution in [0.5, 0.6) is 0 Å². The molecule has 0 spiro atoms. The first-order valence-electron chi connectivity index (χ1n) is 8.21. The van der Waals surface area contributed by atoms with Crippen LogP contribution in [-0.2, 0) is 16.0 Å². The molecule has 0 aliphatic carbocycles. The molecule has 0 bridgehead atoms. The average Bonchev–Trinajstić information content (AvgIpc) is 2.57. The van der Waals surface area contributed by atoms with Gasteiger partial charge < -0.3 is 15.5 Å². The van der Waals surface area contributed by atoms with Crippen LogP contribution in [0.1, 0.15) is 12.5 Å². The number of amides is 2. The Kier molecular flexibility index (Phi) is 6.98. The van der Waals surface area contributed by atoms with Crippen LogP contribution in [0.4, 0.5) is 11.4 Å². The molecule has 0 radical (unpaired) electrons. The highest BCUT2D eigenvalue weighted by atomic mass is 35.5. The third-order valence-corrected chi connectivity index (χ3v) is 3.95. The van der Waals surface area contributed by atoms with Crippen molar-refractivity contribution in [2.45, 2.75) is 13.3 Å². The molecule has 6 heteroatoms. The molecule has 1 atom stereocenters. The van der Waals surface area contributed by atoms with Gasteiger partial charge in [0.05, 0.1) is 7.05 Å². The number of rotatable bonds is 7. The zero-order valence-corrected chi connectivity index (χ0v) is 15.2. The fraction of sp³-hybridized carbons (Fsp3) is 0.263. The predicted molar refractivity (Wildman–Crippen MR) is 101 cm³/mol. The maximum absolute atomic E-state index is 12.1. The smallest absolute Gasteiger partial charge is 0.279 e. The van der Waals surface area contributed by atoms with Crippen molar-refractivity contribution >= 4 is 34.8 Å². The largest absolute Gasteiger partial charge is 0.322 e. The number of nitrogens with one attached hydrogen (secondary N) is 3. The number of likely N-dealkylation sites (N-methyl/N-ethyl adjacent to an activating group) is 1. The van der Waals surface area contributed by atoms with E-state index in [2.05, 4.69) is 17.6 Å². The van der Waals surface area contributed by atoms with E-state index in [9.17, 15) is 9.59 Å². The quantitative estimate of drug-likeness (QED) is 0.707. The second-order valence-corrected chi connectivity index (χ2v) is 6.40. The van der Waals surface area contributed by atoms with E-state index >= 15 is 0 Å². The summed E-state index contributed by atoms with van der Waals surface area (Å²) in [6.45, 7) is 2.50. The molecule has 0 aromatic heterocycles. The Morgan fingerprint density at radius 3 is 1.76 bits per heavy atom. The molecular formula is C19H23ClN3O2+. The van der Waals surface area contributed by atoms with Crippen LogP contribution < -0.4 is 15.5 Å². The summed E-state index contributed by atoms with van der Waals surface area (Å²) in [6, 6.07) is 14.7. The lowest BCUT2D eigenvalue weighted by Crippen LogP contribution is -3.11. The van der Waals surface area contributed by atoms with Gasteiger partial charge in [-0.3, -0.25) is 9.59 Å². The van der Waals surface area contributed by atoms with E-state index in [1.807, 2.05) is 24.3 Å². The molecule has 3 N–H and O–H groups in total. The zero-order chi connectivity index (χ0) is 18.2. The molecule has 0 aliphatic heterocycles. The van der Waals surface area contributed by atoms with Gasteiger partial charge in [0.1, 0.15) is 0 Å². The standard InChI is InChI=1S/C19H22ClN3O2/c1-3-14-4-8-16(9-5-14)21-18(24)12-23(2)13-19(25)22-17-10-6-15(20)7-11-17/h4-11H,3,12-13H2,1-2H3,(H,21,24)(H,22,25)/p+1. The van der Waals surface area contributed by atoms with E-state index in [-0.39, 0.29) is 24.9 Å². The molecule has 2 rings (SSSR count). The first-order chi connectivity index (χ1) is 12.0. The second-order valence-electron chi connectivity index (χ2n) is 5.96. The molecule has 2 aromatic carbocycles. The number of anilines is 2. The van der Waals surface area contributed by atoms with Gasteiger partial charge in [-0.25, -0.2) is 0 Å². The normalized spacial score (nSPS) is 11.6. The van der Waals surface area contributed by atoms with Crippen molar-refractivity contribution in [1.29, 1.82) is 0 Å². The number of aryl methyl sites for hydroxylation is 1. The number of hydrogen-bond acceptors (Lipinski definition) is 2. The van der Waals surface area contributed by atoms with Crippen LogP contribution in [0, 0.1) is 0 Å². The van der Waals surface area contributed by atoms with Crippen molar-refractivity contribution in [3.8, 4) is 0 Å². The molecule has 0 fully saturated rings. The first-order valence-corrected chi connectivity index (χ1v) is 8.59. The molecule has 2 amide bonds. The molecule has 2 aromatic rings. The Hall–Kier alpha value is -2.37. The van der Waals surface area contributed by atoms with Gasteiger partial charge in [0, 0.05) is 16.4 Å². The summed E-state index contributed by atoms with van der Waals surface area (Å²) >= 11 is 5.81. The van der Waals surface area contributed by atoms with E-state index in [1.165, 1.54) is 5.56 Å². The fourth-order valence-electron chi connectivity index (χ4n) is 2.38. The monoisotopic (exact) mass is 360 g/mol. The highest BCUT2D eigenvalue weighted by Gasteiger charge is 2.14. The molecule has 25 heavy (non-hydrogen) atoms. The van der Waals surface area contributed by atoms with Crippen molar-refractivity contribution in [2.24, 2.45) is 0 Å². The van der Waals surface area contributed by atoms with Crippen molar-refractivity contribution in [2.75, 3.05) is 30.8 Å². The van der Waals surface area contributed by atoms with Crippen molar-refractivity contribution < 1.29 is 14.5 Å². The van der Waals surface area contributed by atoms with Crippen molar-refractivity contribution in [1.82, 2.24) is 0 Å². The maximum atomic E-state index is 12.1. The summed E-state index contributed by atoms with van der Waals surface area (Å²) < 4.78 is 0. The van der Waals surface area contributed by atoms with Gasteiger partial charge in [0.2, 0.25) is 0 Å². The Morgan fingerprint density at radius 1 is 0.880 bits per heavy atom. The van der Waals surface area contributed by atoms with Crippen LogP contribution >= 0.6 is 11.6 Å². The summed E-state index contributed by atoms with van der Waals surface area (Å²) in [7, 11) is 1.81. The van der Waals surface area contributed by atoms with E-state index in [4.69, 9.17) is 11.6 Å². The van der Waals surface area contributed by atoms with E-state index in [0.29, 0.717) is 10.7 Å². The number of hydrogen-bond donors (Lipinski definition) is 3. The topological polar surface area (TPSA) is 62.6 Å². The molecular weight excluding hydrogens is 338 g/mol. The Balaban J connectivity index is 1.77. The molecule has 1 unspecified atom stereocenters. The highest BCUT2D eigenvalue weighted by molar-refractivity contribution is 6.30. The summed E-state index contributed by atoms with van der Waals surface area (Å²) in [4.78, 5) is 24.9. The SMILES string of the molecule is CCc1ccc(NC(=O)C[NH+](C)CC(=O)Nc2ccc(Cl)cc2)cc1. The van der Waals surface area contributed by atoms with Gasteiger partial charge in [-0.05, 0) is 48.4 Å². The van der Waals surface area contributed by atoms with Gasteiger partial charge in [-0.1, -0.05) is 30.7 Å². The number of carbonyl (C=O) groups is 2. The van der Waals surface area contributed by atoms with Crippen LogP contribution in [0.2, 0.25) is 5.02 Å². The Labute approximate surface area is 153 Å². The second kappa shape index (κ2) is 9.20. The lowest BCUT2D eigenvalue weighted by molar-refractivity contribution is -0.862. The lowest BCUT2D eigenvalue weighted by Gasteiger charge is -2.14. The van der Waals surface area contributed by atoms with Crippen LogP contribution in [0.15, 0.2) is 48.5 Å². The number of benzene rings is 2. The van der Waals surface area contributed by atoms with Crippen LogP contribution in [-0.4, -0.2) is 32.0 Å². The van der Waals surface area contributed by atoms with Gasteiger partial charge in [-0.2, -0.15) is 0 Å². The zero-order valence-electron chi connectivity index (χ0n) is 14.4. The van der Waals surface area contributed by atoms with Crippen LogP contribution in [0.3, 0.4) is 0 Å². The summed E-state index contributed by atoms with van der Waals surface area (Å²) in [5, 5.41) is 6.25. The summed E-state index contributed by atoms with van der Waals surface area (Å²) in [5.74, 6) is -0.277. The van der Waals surface area contributed by atoms with Gasteiger partial charge in [-0.15, -0.1) is 0 Å². The molecule has 0 saturated carbocycles. The molecule has 132 valence electrons. The minimum atomic E-state index is -0.153. The minimum Gasteiger partial charge on any atom is -0.322 e. The van der Waals surface area contributed by atoms with Crippen LogP contribution in [0.25, 0.3) is 0 Å². The van der Waals surface area contributed by atoms with Crippen molar-refractivity contribution in [3.05, 3.63) is 59.1 Å². The van der Waals surface area contributed by atoms with E-state index < -0.39 is 0 Å². The first kappa shape index (κ1) is 19.0. The molecule has 0 aliphatic rings. The number of quaternary nitrogens is 1. The molecule has 0 saturated heterocycles. The summed E-state index contributed by atoms with van der Waals surface area (Å²) in [6.07, 6.45) is 0.962. The third-order valence-electron chi connectivity index (χ3n) is 3.70. The molecule has 0 heterocycles. The fourth-order valence-corrected chi connectivity index (χ4v) is 2.50. The lowest BCUT2D eigenvalue weighted by atomic mass is 10.1. The average molecular weight is 361 g/mol. The number of carbonyl (C=O) groups excluding carboxylic acids is 2. The molecule has 5 nitrogen and oxygen atoms in total. The van der Waals surface area contributed by atoms with E-state index in [0.717, 1.165) is 17.0 Å². The maximum Gasteiger partial charge on any atom is 0.279 e.